The van der Waals surface area contributed by atoms with Gasteiger partial charge in [0.2, 0.25) is 10.0 Å². The van der Waals surface area contributed by atoms with Crippen LogP contribution in [-0.2, 0) is 16.6 Å². The second-order valence-electron chi connectivity index (χ2n) is 4.73. The van der Waals surface area contributed by atoms with Gasteiger partial charge >= 0.3 is 0 Å². The summed E-state index contributed by atoms with van der Waals surface area (Å²) in [5, 5.41) is 0. The molecule has 0 saturated carbocycles. The van der Waals surface area contributed by atoms with Crippen LogP contribution in [0.3, 0.4) is 0 Å². The molecule has 5 nitrogen and oxygen atoms in total. The SMILES string of the molecule is CCN(CC)CCCNS(=O)(=O)c1cc(F)ccc1CN. The molecule has 3 N–H and O–H groups in total. The van der Waals surface area contributed by atoms with Gasteiger partial charge in [0.15, 0.2) is 0 Å². The normalized spacial score (nSPS) is 12.0. The zero-order valence-electron chi connectivity index (χ0n) is 12.6. The van der Waals surface area contributed by atoms with Crippen molar-refractivity contribution in [1.29, 1.82) is 0 Å². The Morgan fingerprint density at radius 3 is 2.52 bits per heavy atom. The maximum atomic E-state index is 13.3. The average Bonchev–Trinajstić information content (AvgIpc) is 2.47. The Morgan fingerprint density at radius 1 is 1.29 bits per heavy atom. The molecule has 0 saturated heterocycles. The highest BCUT2D eigenvalue weighted by Gasteiger charge is 2.18. The molecule has 0 unspecified atom stereocenters. The van der Waals surface area contributed by atoms with Crippen LogP contribution in [0.15, 0.2) is 23.1 Å². The molecule has 0 aliphatic rings. The van der Waals surface area contributed by atoms with E-state index >= 15 is 0 Å². The first kappa shape index (κ1) is 18.0. The minimum Gasteiger partial charge on any atom is -0.326 e. The van der Waals surface area contributed by atoms with E-state index in [9.17, 15) is 12.8 Å². The fourth-order valence-corrected chi connectivity index (χ4v) is 3.41. The molecule has 0 amide bonds. The first-order valence-corrected chi connectivity index (χ1v) is 8.63. The first-order valence-electron chi connectivity index (χ1n) is 7.15. The van der Waals surface area contributed by atoms with Crippen molar-refractivity contribution < 1.29 is 12.8 Å². The van der Waals surface area contributed by atoms with E-state index in [0.29, 0.717) is 18.5 Å². The van der Waals surface area contributed by atoms with E-state index in [0.717, 1.165) is 25.7 Å². The van der Waals surface area contributed by atoms with E-state index in [1.165, 1.54) is 12.1 Å². The Balaban J connectivity index is 2.68. The summed E-state index contributed by atoms with van der Waals surface area (Å²) in [5.41, 5.74) is 5.92. The summed E-state index contributed by atoms with van der Waals surface area (Å²) in [7, 11) is -3.73. The Kier molecular flexibility index (Phi) is 7.24. The van der Waals surface area contributed by atoms with Crippen molar-refractivity contribution in [2.24, 2.45) is 5.73 Å². The van der Waals surface area contributed by atoms with E-state index in [1.54, 1.807) is 0 Å². The number of hydrogen-bond acceptors (Lipinski definition) is 4. The molecule has 0 fully saturated rings. The van der Waals surface area contributed by atoms with Crippen molar-refractivity contribution in [3.8, 4) is 0 Å². The van der Waals surface area contributed by atoms with Crippen LogP contribution in [0.1, 0.15) is 25.8 Å². The van der Waals surface area contributed by atoms with Crippen LogP contribution in [-0.4, -0.2) is 39.5 Å². The van der Waals surface area contributed by atoms with E-state index in [-0.39, 0.29) is 11.4 Å². The molecule has 120 valence electrons. The molecule has 0 aliphatic heterocycles. The van der Waals surface area contributed by atoms with Gasteiger partial charge in [-0.05, 0) is 43.8 Å². The van der Waals surface area contributed by atoms with Gasteiger partial charge in [0, 0.05) is 13.1 Å². The fraction of sp³-hybridized carbons (Fsp3) is 0.571. The highest BCUT2D eigenvalue weighted by Crippen LogP contribution is 2.16. The lowest BCUT2D eigenvalue weighted by Crippen LogP contribution is -2.30. The number of benzene rings is 1. The topological polar surface area (TPSA) is 75.4 Å². The Morgan fingerprint density at radius 2 is 1.95 bits per heavy atom. The predicted octanol–water partition coefficient (Wildman–Crippen LogP) is 1.29. The molecule has 0 radical (unpaired) electrons. The van der Waals surface area contributed by atoms with Crippen LogP contribution in [0, 0.1) is 5.82 Å². The van der Waals surface area contributed by atoms with E-state index in [4.69, 9.17) is 5.73 Å². The third kappa shape index (κ3) is 5.35. The van der Waals surface area contributed by atoms with Gasteiger partial charge in [-0.2, -0.15) is 0 Å². The second-order valence-corrected chi connectivity index (χ2v) is 6.47. The molecule has 7 heteroatoms. The van der Waals surface area contributed by atoms with E-state index in [2.05, 4.69) is 23.5 Å². The molecule has 0 heterocycles. The molecule has 0 bridgehead atoms. The van der Waals surface area contributed by atoms with Crippen molar-refractivity contribution in [3.63, 3.8) is 0 Å². The number of nitrogens with two attached hydrogens (primary N) is 1. The molecule has 1 aromatic carbocycles. The number of hydrogen-bond donors (Lipinski definition) is 2. The lowest BCUT2D eigenvalue weighted by Gasteiger charge is -2.18. The summed E-state index contributed by atoms with van der Waals surface area (Å²) in [6.45, 7) is 7.19. The van der Waals surface area contributed by atoms with Crippen LogP contribution in [0.2, 0.25) is 0 Å². The van der Waals surface area contributed by atoms with Crippen molar-refractivity contribution in [2.75, 3.05) is 26.2 Å². The highest BCUT2D eigenvalue weighted by molar-refractivity contribution is 7.89. The van der Waals surface area contributed by atoms with Crippen molar-refractivity contribution in [1.82, 2.24) is 9.62 Å². The second kappa shape index (κ2) is 8.43. The average molecular weight is 317 g/mol. The van der Waals surface area contributed by atoms with E-state index in [1.807, 2.05) is 0 Å². The predicted molar refractivity (Wildman–Crippen MR) is 81.9 cm³/mol. The Labute approximate surface area is 126 Å². The summed E-state index contributed by atoms with van der Waals surface area (Å²) < 4.78 is 40.2. The Hall–Kier alpha value is -1.02. The lowest BCUT2D eigenvalue weighted by atomic mass is 10.2. The van der Waals surface area contributed by atoms with Crippen LogP contribution in [0.4, 0.5) is 4.39 Å². The highest BCUT2D eigenvalue weighted by atomic mass is 32.2. The summed E-state index contributed by atoms with van der Waals surface area (Å²) in [4.78, 5) is 2.13. The molecule has 0 spiro atoms. The Bertz CT molecular complexity index is 545. The van der Waals surface area contributed by atoms with Crippen LogP contribution in [0.5, 0.6) is 0 Å². The fourth-order valence-electron chi connectivity index (χ4n) is 2.07. The first-order chi connectivity index (χ1) is 9.94. The molecular weight excluding hydrogens is 293 g/mol. The van der Waals surface area contributed by atoms with Crippen LogP contribution >= 0.6 is 0 Å². The largest absolute Gasteiger partial charge is 0.326 e. The summed E-state index contributed by atoms with van der Waals surface area (Å²) in [5.74, 6) is -0.587. The molecule has 1 aromatic rings. The zero-order valence-corrected chi connectivity index (χ0v) is 13.4. The number of nitrogens with zero attached hydrogens (tertiary/aromatic N) is 1. The van der Waals surface area contributed by atoms with Crippen LogP contribution < -0.4 is 10.5 Å². The maximum Gasteiger partial charge on any atom is 0.240 e. The maximum absolute atomic E-state index is 13.3. The van der Waals surface area contributed by atoms with Gasteiger partial charge in [0.25, 0.3) is 0 Å². The van der Waals surface area contributed by atoms with Gasteiger partial charge in [-0.3, -0.25) is 0 Å². The third-order valence-corrected chi connectivity index (χ3v) is 4.92. The molecule has 0 aliphatic carbocycles. The monoisotopic (exact) mass is 317 g/mol. The zero-order chi connectivity index (χ0) is 15.9. The third-order valence-electron chi connectivity index (χ3n) is 3.38. The number of rotatable bonds is 9. The summed E-state index contributed by atoms with van der Waals surface area (Å²) in [6, 6.07) is 3.62. The number of halogens is 1. The minimum atomic E-state index is -3.73. The van der Waals surface area contributed by atoms with Gasteiger partial charge in [-0.25, -0.2) is 17.5 Å². The van der Waals surface area contributed by atoms with Crippen molar-refractivity contribution in [3.05, 3.63) is 29.6 Å². The smallest absolute Gasteiger partial charge is 0.240 e. The number of nitrogens with one attached hydrogen (secondary N) is 1. The number of sulfonamides is 1. The standard InChI is InChI=1S/C14H24FN3O2S/c1-3-18(4-2)9-5-8-17-21(19,20)14-10-13(15)7-6-12(14)11-16/h6-7,10,17H,3-5,8-9,11,16H2,1-2H3. The molecule has 0 atom stereocenters. The van der Waals surface area contributed by atoms with Gasteiger partial charge in [0.1, 0.15) is 5.82 Å². The van der Waals surface area contributed by atoms with Gasteiger partial charge < -0.3 is 10.6 Å². The molecule has 1 rings (SSSR count). The van der Waals surface area contributed by atoms with Crippen molar-refractivity contribution >= 4 is 10.0 Å². The lowest BCUT2D eigenvalue weighted by molar-refractivity contribution is 0.300. The quantitative estimate of drug-likeness (QED) is 0.673. The van der Waals surface area contributed by atoms with Crippen molar-refractivity contribution in [2.45, 2.75) is 31.7 Å². The molecule has 0 aromatic heterocycles. The molecular formula is C14H24FN3O2S. The van der Waals surface area contributed by atoms with Gasteiger partial charge in [-0.15, -0.1) is 0 Å². The van der Waals surface area contributed by atoms with Crippen LogP contribution in [0.25, 0.3) is 0 Å². The van der Waals surface area contributed by atoms with Gasteiger partial charge in [-0.1, -0.05) is 19.9 Å². The minimum absolute atomic E-state index is 0.0516. The summed E-state index contributed by atoms with van der Waals surface area (Å²) >= 11 is 0. The van der Waals surface area contributed by atoms with E-state index < -0.39 is 15.8 Å². The van der Waals surface area contributed by atoms with Gasteiger partial charge in [0.05, 0.1) is 4.90 Å². The molecule has 21 heavy (non-hydrogen) atoms. The summed E-state index contributed by atoms with van der Waals surface area (Å²) in [6.07, 6.45) is 0.703.